The zero-order valence-corrected chi connectivity index (χ0v) is 14.9. The molecule has 1 heterocycles. The third-order valence-electron chi connectivity index (χ3n) is 3.84. The molecule has 1 aromatic carbocycles. The van der Waals surface area contributed by atoms with Crippen LogP contribution in [0.2, 0.25) is 0 Å². The maximum Gasteiger partial charge on any atom is 0.254 e. The summed E-state index contributed by atoms with van der Waals surface area (Å²) in [5, 5.41) is 3.16. The van der Waals surface area contributed by atoms with E-state index >= 15 is 0 Å². The molecule has 2 rings (SSSR count). The normalized spacial score (nSPS) is 17.6. The SMILES string of the molecule is CCOc1c(Br)cc(C(=O)N2CCCC2CNC)cc1OC. The van der Waals surface area contributed by atoms with Gasteiger partial charge in [-0.05, 0) is 54.9 Å². The van der Waals surface area contributed by atoms with Gasteiger partial charge in [-0.15, -0.1) is 0 Å². The highest BCUT2D eigenvalue weighted by Crippen LogP contribution is 2.37. The molecule has 0 saturated carbocycles. The standard InChI is InChI=1S/C16H23BrN2O3/c1-4-22-15-13(17)8-11(9-14(15)21-3)16(20)19-7-5-6-12(19)10-18-2/h8-9,12,18H,4-7,10H2,1-3H3. The van der Waals surface area contributed by atoms with Crippen molar-refractivity contribution < 1.29 is 14.3 Å². The summed E-state index contributed by atoms with van der Waals surface area (Å²) in [6.07, 6.45) is 2.09. The maximum atomic E-state index is 12.8. The highest BCUT2D eigenvalue weighted by molar-refractivity contribution is 9.10. The van der Waals surface area contributed by atoms with Gasteiger partial charge in [0.05, 0.1) is 18.2 Å². The number of amides is 1. The quantitative estimate of drug-likeness (QED) is 0.836. The molecule has 22 heavy (non-hydrogen) atoms. The minimum absolute atomic E-state index is 0.0415. The lowest BCUT2D eigenvalue weighted by Gasteiger charge is -2.25. The van der Waals surface area contributed by atoms with Crippen LogP contribution in [-0.2, 0) is 0 Å². The number of rotatable bonds is 6. The van der Waals surface area contributed by atoms with E-state index in [0.29, 0.717) is 23.7 Å². The van der Waals surface area contributed by atoms with Crippen LogP contribution in [0.1, 0.15) is 30.1 Å². The molecule has 0 radical (unpaired) electrons. The molecule has 1 aliphatic heterocycles. The summed E-state index contributed by atoms with van der Waals surface area (Å²) >= 11 is 3.47. The first-order chi connectivity index (χ1) is 10.6. The molecule has 1 aromatic rings. The number of nitrogens with zero attached hydrogens (tertiary/aromatic N) is 1. The topological polar surface area (TPSA) is 50.8 Å². The maximum absolute atomic E-state index is 12.8. The molecule has 0 aliphatic carbocycles. The van der Waals surface area contributed by atoms with Crippen molar-refractivity contribution in [1.82, 2.24) is 10.2 Å². The third-order valence-corrected chi connectivity index (χ3v) is 4.43. The Morgan fingerprint density at radius 2 is 2.27 bits per heavy atom. The molecule has 0 aromatic heterocycles. The fourth-order valence-corrected chi connectivity index (χ4v) is 3.40. The van der Waals surface area contributed by atoms with Crippen molar-refractivity contribution in [3.05, 3.63) is 22.2 Å². The molecule has 0 spiro atoms. The Morgan fingerprint density at radius 1 is 1.50 bits per heavy atom. The minimum atomic E-state index is 0.0415. The second kappa shape index (κ2) is 7.83. The number of carbonyl (C=O) groups is 1. The summed E-state index contributed by atoms with van der Waals surface area (Å²) in [5.74, 6) is 1.25. The molecule has 0 bridgehead atoms. The number of ether oxygens (including phenoxy) is 2. The van der Waals surface area contributed by atoms with Gasteiger partial charge in [0.1, 0.15) is 0 Å². The van der Waals surface area contributed by atoms with Crippen LogP contribution in [0.5, 0.6) is 11.5 Å². The van der Waals surface area contributed by atoms with E-state index in [1.807, 2.05) is 24.9 Å². The van der Waals surface area contributed by atoms with Gasteiger partial charge in [0.25, 0.3) is 5.91 Å². The number of likely N-dealkylation sites (tertiary alicyclic amines) is 1. The van der Waals surface area contributed by atoms with Gasteiger partial charge in [-0.3, -0.25) is 4.79 Å². The largest absolute Gasteiger partial charge is 0.493 e. The predicted octanol–water partition coefficient (Wildman–Crippen LogP) is 2.68. The number of hydrogen-bond donors (Lipinski definition) is 1. The monoisotopic (exact) mass is 370 g/mol. The van der Waals surface area contributed by atoms with E-state index in [9.17, 15) is 4.79 Å². The average molecular weight is 371 g/mol. The third kappa shape index (κ3) is 3.55. The van der Waals surface area contributed by atoms with E-state index < -0.39 is 0 Å². The van der Waals surface area contributed by atoms with Gasteiger partial charge < -0.3 is 19.7 Å². The lowest BCUT2D eigenvalue weighted by atomic mass is 10.1. The van der Waals surface area contributed by atoms with Gasteiger partial charge in [-0.25, -0.2) is 0 Å². The molecule has 1 unspecified atom stereocenters. The molecule has 1 saturated heterocycles. The number of likely N-dealkylation sites (N-methyl/N-ethyl adjacent to an activating group) is 1. The molecule has 5 nitrogen and oxygen atoms in total. The van der Waals surface area contributed by atoms with Crippen LogP contribution in [0.25, 0.3) is 0 Å². The highest BCUT2D eigenvalue weighted by Gasteiger charge is 2.29. The second-order valence-corrected chi connectivity index (χ2v) is 6.13. The zero-order valence-electron chi connectivity index (χ0n) is 13.3. The van der Waals surface area contributed by atoms with Crippen molar-refractivity contribution in [2.75, 3.05) is 33.9 Å². The molecule has 1 fully saturated rings. The molecule has 1 aliphatic rings. The van der Waals surface area contributed by atoms with Gasteiger partial charge in [-0.1, -0.05) is 0 Å². The van der Waals surface area contributed by atoms with Gasteiger partial charge in [0.2, 0.25) is 0 Å². The Morgan fingerprint density at radius 3 is 2.91 bits per heavy atom. The van der Waals surface area contributed by atoms with Crippen LogP contribution in [-0.4, -0.2) is 50.7 Å². The molecule has 1 N–H and O–H groups in total. The van der Waals surface area contributed by atoms with E-state index in [1.165, 1.54) is 0 Å². The molecule has 6 heteroatoms. The van der Waals surface area contributed by atoms with Crippen molar-refractivity contribution >= 4 is 21.8 Å². The van der Waals surface area contributed by atoms with Crippen molar-refractivity contribution in [2.45, 2.75) is 25.8 Å². The number of carbonyl (C=O) groups excluding carboxylic acids is 1. The van der Waals surface area contributed by atoms with Crippen LogP contribution >= 0.6 is 15.9 Å². The lowest BCUT2D eigenvalue weighted by molar-refractivity contribution is 0.0736. The summed E-state index contributed by atoms with van der Waals surface area (Å²) in [7, 11) is 3.50. The van der Waals surface area contributed by atoms with Crippen molar-refractivity contribution in [3.63, 3.8) is 0 Å². The molecule has 1 amide bonds. The smallest absolute Gasteiger partial charge is 0.254 e. The summed E-state index contributed by atoms with van der Waals surface area (Å²) < 4.78 is 11.7. The van der Waals surface area contributed by atoms with Crippen LogP contribution in [0.3, 0.4) is 0 Å². The van der Waals surface area contributed by atoms with E-state index in [-0.39, 0.29) is 11.9 Å². The summed E-state index contributed by atoms with van der Waals surface area (Å²) in [5.41, 5.74) is 0.621. The van der Waals surface area contributed by atoms with Crippen molar-refractivity contribution in [1.29, 1.82) is 0 Å². The Balaban J connectivity index is 2.28. The van der Waals surface area contributed by atoms with Gasteiger partial charge >= 0.3 is 0 Å². The average Bonchev–Trinajstić information content (AvgIpc) is 2.97. The Kier molecular flexibility index (Phi) is 6.08. The Bertz CT molecular complexity index is 536. The summed E-state index contributed by atoms with van der Waals surface area (Å²) in [6.45, 7) is 4.08. The van der Waals surface area contributed by atoms with Crippen LogP contribution < -0.4 is 14.8 Å². The molecular weight excluding hydrogens is 348 g/mol. The Hall–Kier alpha value is -1.27. The van der Waals surface area contributed by atoms with E-state index in [4.69, 9.17) is 9.47 Å². The van der Waals surface area contributed by atoms with E-state index in [2.05, 4.69) is 21.2 Å². The van der Waals surface area contributed by atoms with E-state index in [0.717, 1.165) is 30.4 Å². The lowest BCUT2D eigenvalue weighted by Crippen LogP contribution is -2.40. The first-order valence-electron chi connectivity index (χ1n) is 7.58. The highest BCUT2D eigenvalue weighted by atomic mass is 79.9. The Labute approximate surface area is 140 Å². The number of halogens is 1. The predicted molar refractivity (Wildman–Crippen MR) is 89.8 cm³/mol. The first kappa shape index (κ1) is 17.1. The van der Waals surface area contributed by atoms with Gasteiger partial charge in [-0.2, -0.15) is 0 Å². The number of methoxy groups -OCH3 is 1. The summed E-state index contributed by atoms with van der Waals surface area (Å²) in [4.78, 5) is 14.7. The molecule has 122 valence electrons. The van der Waals surface area contributed by atoms with E-state index in [1.54, 1.807) is 13.2 Å². The number of nitrogens with one attached hydrogen (secondary N) is 1. The minimum Gasteiger partial charge on any atom is -0.493 e. The molecule has 1 atom stereocenters. The second-order valence-electron chi connectivity index (χ2n) is 5.27. The van der Waals surface area contributed by atoms with Crippen molar-refractivity contribution in [3.8, 4) is 11.5 Å². The number of benzene rings is 1. The van der Waals surface area contributed by atoms with Gasteiger partial charge in [0, 0.05) is 24.7 Å². The number of hydrogen-bond acceptors (Lipinski definition) is 4. The zero-order chi connectivity index (χ0) is 16.1. The fraction of sp³-hybridized carbons (Fsp3) is 0.562. The van der Waals surface area contributed by atoms with Crippen LogP contribution in [0.4, 0.5) is 0 Å². The molecular formula is C16H23BrN2O3. The fourth-order valence-electron chi connectivity index (χ4n) is 2.84. The van der Waals surface area contributed by atoms with Crippen molar-refractivity contribution in [2.24, 2.45) is 0 Å². The first-order valence-corrected chi connectivity index (χ1v) is 8.37. The van der Waals surface area contributed by atoms with Crippen LogP contribution in [0.15, 0.2) is 16.6 Å². The van der Waals surface area contributed by atoms with Crippen LogP contribution in [0, 0.1) is 0 Å². The summed E-state index contributed by atoms with van der Waals surface area (Å²) in [6, 6.07) is 3.83. The van der Waals surface area contributed by atoms with Gasteiger partial charge in [0.15, 0.2) is 11.5 Å².